The van der Waals surface area contributed by atoms with Gasteiger partial charge in [0.25, 0.3) is 0 Å². The number of carbonyl (C=O) groups is 1. The molecule has 1 aliphatic rings. The Kier molecular flexibility index (Phi) is 9.15. The maximum atomic E-state index is 13.1. The molecule has 3 aromatic rings. The van der Waals surface area contributed by atoms with Crippen molar-refractivity contribution >= 4 is 27.6 Å². The minimum atomic E-state index is -3.68. The molecule has 0 amide bonds. The Morgan fingerprint density at radius 1 is 1.03 bits per heavy atom. The first-order valence-corrected chi connectivity index (χ1v) is 13.9. The number of benzene rings is 3. The summed E-state index contributed by atoms with van der Waals surface area (Å²) in [7, 11) is -2.34. The summed E-state index contributed by atoms with van der Waals surface area (Å²) in [5, 5.41) is 9.75. The predicted octanol–water partition coefficient (Wildman–Crippen LogP) is 4.26. The molecule has 0 spiro atoms. The van der Waals surface area contributed by atoms with Gasteiger partial charge in [-0.05, 0) is 53.6 Å². The molecule has 0 saturated carbocycles. The predicted molar refractivity (Wildman–Crippen MR) is 143 cm³/mol. The smallest absolute Gasteiger partial charge is 0.337 e. The van der Waals surface area contributed by atoms with Crippen LogP contribution >= 0.6 is 11.6 Å². The van der Waals surface area contributed by atoms with Crippen LogP contribution in [0.1, 0.15) is 33.2 Å². The lowest BCUT2D eigenvalue weighted by atomic mass is 10.1. The van der Waals surface area contributed by atoms with E-state index in [0.717, 1.165) is 11.1 Å². The van der Waals surface area contributed by atoms with Crippen LogP contribution in [0.4, 0.5) is 0 Å². The monoisotopic (exact) mass is 553 g/mol. The number of sulfonamides is 1. The number of nitriles is 1. The lowest BCUT2D eigenvalue weighted by molar-refractivity contribution is 0.00771. The lowest BCUT2D eigenvalue weighted by Gasteiger charge is -2.36. The number of piperazine rings is 1. The Bertz CT molecular complexity index is 1400. The zero-order valence-electron chi connectivity index (χ0n) is 20.9. The van der Waals surface area contributed by atoms with Crippen LogP contribution in [-0.2, 0) is 26.1 Å². The largest absolute Gasteiger partial charge is 0.465 e. The van der Waals surface area contributed by atoms with E-state index in [1.165, 1.54) is 23.5 Å². The van der Waals surface area contributed by atoms with Crippen LogP contribution in [-0.4, -0.2) is 63.4 Å². The molecule has 0 N–H and O–H groups in total. The third-order valence-corrected chi connectivity index (χ3v) is 8.57. The van der Waals surface area contributed by atoms with Gasteiger partial charge in [0.05, 0.1) is 41.9 Å². The third-order valence-electron chi connectivity index (χ3n) is 6.42. The quantitative estimate of drug-likeness (QED) is 0.365. The van der Waals surface area contributed by atoms with Crippen molar-refractivity contribution in [2.24, 2.45) is 0 Å². The summed E-state index contributed by atoms with van der Waals surface area (Å²) in [6, 6.07) is 22.6. The zero-order chi connectivity index (χ0) is 27.1. The van der Waals surface area contributed by atoms with E-state index < -0.39 is 16.0 Å². The van der Waals surface area contributed by atoms with Crippen LogP contribution in [0.5, 0.6) is 0 Å². The molecule has 8 nitrogen and oxygen atoms in total. The number of ether oxygens (including phenoxy) is 2. The van der Waals surface area contributed by atoms with Crippen LogP contribution in [0.3, 0.4) is 0 Å². The molecule has 1 saturated heterocycles. The van der Waals surface area contributed by atoms with Gasteiger partial charge in [-0.1, -0.05) is 41.9 Å². The number of esters is 1. The Morgan fingerprint density at radius 3 is 2.34 bits per heavy atom. The second kappa shape index (κ2) is 12.5. The van der Waals surface area contributed by atoms with E-state index >= 15 is 0 Å². The lowest BCUT2D eigenvalue weighted by Crippen LogP contribution is -2.49. The van der Waals surface area contributed by atoms with E-state index in [1.54, 1.807) is 24.3 Å². The molecule has 0 aromatic heterocycles. The summed E-state index contributed by atoms with van der Waals surface area (Å²) in [6.07, 6.45) is -0.275. The van der Waals surface area contributed by atoms with Crippen LogP contribution < -0.4 is 0 Å². The van der Waals surface area contributed by atoms with Crippen molar-refractivity contribution < 1.29 is 22.7 Å². The van der Waals surface area contributed by atoms with E-state index in [1.807, 2.05) is 42.5 Å². The van der Waals surface area contributed by atoms with Gasteiger partial charge in [0.15, 0.2) is 0 Å². The number of methoxy groups -OCH3 is 1. The molecule has 0 unspecified atom stereocenters. The Hall–Kier alpha value is -3.26. The van der Waals surface area contributed by atoms with Gasteiger partial charge in [-0.15, -0.1) is 0 Å². The normalized spacial score (nSPS) is 15.5. The van der Waals surface area contributed by atoms with Crippen LogP contribution in [0.2, 0.25) is 5.02 Å². The van der Waals surface area contributed by atoms with Crippen LogP contribution in [0.15, 0.2) is 77.7 Å². The van der Waals surface area contributed by atoms with E-state index in [-0.39, 0.29) is 11.0 Å². The summed E-state index contributed by atoms with van der Waals surface area (Å²) in [5.41, 5.74) is 2.65. The third kappa shape index (κ3) is 6.78. The van der Waals surface area contributed by atoms with E-state index in [0.29, 0.717) is 55.5 Å². The molecule has 0 aliphatic carbocycles. The fraction of sp³-hybridized carbons (Fsp3) is 0.286. The first kappa shape index (κ1) is 27.8. The Balaban J connectivity index is 1.41. The Labute approximate surface area is 228 Å². The summed E-state index contributed by atoms with van der Waals surface area (Å²) < 4.78 is 38.7. The average Bonchev–Trinajstić information content (AvgIpc) is 2.96. The van der Waals surface area contributed by atoms with Gasteiger partial charge in [-0.3, -0.25) is 4.90 Å². The van der Waals surface area contributed by atoms with Crippen molar-refractivity contribution in [3.63, 3.8) is 0 Å². The molecule has 1 atom stereocenters. The van der Waals surface area contributed by atoms with E-state index in [2.05, 4.69) is 4.90 Å². The number of rotatable bonds is 9. The zero-order valence-corrected chi connectivity index (χ0v) is 22.5. The van der Waals surface area contributed by atoms with Gasteiger partial charge in [0.2, 0.25) is 10.0 Å². The molecular weight excluding hydrogens is 526 g/mol. The first-order valence-electron chi connectivity index (χ1n) is 12.1. The molecular formula is C28H28ClN3O5S. The number of halogens is 1. The summed E-state index contributed by atoms with van der Waals surface area (Å²) in [6.45, 7) is 2.65. The minimum absolute atomic E-state index is 0.130. The molecule has 10 heteroatoms. The first-order chi connectivity index (χ1) is 18.3. The van der Waals surface area contributed by atoms with Gasteiger partial charge in [-0.2, -0.15) is 9.57 Å². The van der Waals surface area contributed by atoms with Crippen molar-refractivity contribution in [1.29, 1.82) is 5.26 Å². The highest BCUT2D eigenvalue weighted by atomic mass is 35.5. The molecule has 4 rings (SSSR count). The maximum Gasteiger partial charge on any atom is 0.337 e. The second-order valence-corrected chi connectivity index (χ2v) is 11.3. The molecule has 198 valence electrons. The van der Waals surface area contributed by atoms with Gasteiger partial charge in [0.1, 0.15) is 0 Å². The highest BCUT2D eigenvalue weighted by molar-refractivity contribution is 7.89. The highest BCUT2D eigenvalue weighted by Gasteiger charge is 2.30. The SMILES string of the molecule is COC(=O)c1ccc(CO[C@@H](CN2CCN(S(=O)(=O)c3cccc(C#N)c3)CC2)c2ccc(Cl)cc2)cc1. The molecule has 38 heavy (non-hydrogen) atoms. The maximum absolute atomic E-state index is 13.1. The van der Waals surface area contributed by atoms with Crippen molar-refractivity contribution in [3.8, 4) is 6.07 Å². The fourth-order valence-electron chi connectivity index (χ4n) is 4.25. The number of hydrogen-bond donors (Lipinski definition) is 0. The van der Waals surface area contributed by atoms with Gasteiger partial charge < -0.3 is 9.47 Å². The van der Waals surface area contributed by atoms with Crippen molar-refractivity contribution in [2.75, 3.05) is 39.8 Å². The van der Waals surface area contributed by atoms with Gasteiger partial charge in [-0.25, -0.2) is 13.2 Å². The standard InChI is InChI=1S/C28H28ClN3O5S/c1-36-28(33)24-7-5-21(6-8-24)20-37-27(23-9-11-25(29)12-10-23)19-31-13-15-32(16-14-31)38(34,35)26-4-2-3-22(17-26)18-30/h2-12,17,27H,13-16,19-20H2,1H3/t27-/m0/s1. The van der Waals surface area contributed by atoms with Crippen molar-refractivity contribution in [1.82, 2.24) is 9.21 Å². The molecule has 1 aliphatic heterocycles. The van der Waals surface area contributed by atoms with Crippen molar-refractivity contribution in [2.45, 2.75) is 17.6 Å². The molecule has 1 heterocycles. The summed E-state index contributed by atoms with van der Waals surface area (Å²) >= 11 is 6.09. The summed E-state index contributed by atoms with van der Waals surface area (Å²) in [5.74, 6) is -0.393. The number of carbonyl (C=O) groups excluding carboxylic acids is 1. The molecule has 0 radical (unpaired) electrons. The molecule has 1 fully saturated rings. The van der Waals surface area contributed by atoms with Crippen molar-refractivity contribution in [3.05, 3.63) is 100 Å². The van der Waals surface area contributed by atoms with E-state index in [4.69, 9.17) is 26.3 Å². The average molecular weight is 554 g/mol. The van der Waals surface area contributed by atoms with Crippen LogP contribution in [0, 0.1) is 11.3 Å². The van der Waals surface area contributed by atoms with Gasteiger partial charge >= 0.3 is 5.97 Å². The minimum Gasteiger partial charge on any atom is -0.465 e. The molecule has 0 bridgehead atoms. The highest BCUT2D eigenvalue weighted by Crippen LogP contribution is 2.25. The number of nitrogens with zero attached hydrogens (tertiary/aromatic N) is 3. The number of hydrogen-bond acceptors (Lipinski definition) is 7. The fourth-order valence-corrected chi connectivity index (χ4v) is 5.84. The molecule has 3 aromatic carbocycles. The Morgan fingerprint density at radius 2 is 1.71 bits per heavy atom. The topological polar surface area (TPSA) is 99.9 Å². The second-order valence-electron chi connectivity index (χ2n) is 8.88. The van der Waals surface area contributed by atoms with E-state index in [9.17, 15) is 13.2 Å². The summed E-state index contributed by atoms with van der Waals surface area (Å²) in [4.78, 5) is 14.0. The van der Waals surface area contributed by atoms with Gasteiger partial charge in [0, 0.05) is 37.7 Å². The van der Waals surface area contributed by atoms with Crippen LogP contribution in [0.25, 0.3) is 0 Å².